The van der Waals surface area contributed by atoms with Gasteiger partial charge in [0.2, 0.25) is 5.91 Å². The SMILES string of the molecule is CNC(=O)C(=Cc1ccco1)NC(=O)C=Cc1ccccc1. The van der Waals surface area contributed by atoms with Crippen molar-refractivity contribution in [2.75, 3.05) is 7.05 Å². The summed E-state index contributed by atoms with van der Waals surface area (Å²) in [6.45, 7) is 0. The quantitative estimate of drug-likeness (QED) is 0.831. The molecule has 1 aromatic heterocycles. The molecule has 1 heterocycles. The lowest BCUT2D eigenvalue weighted by Gasteiger charge is -2.06. The van der Waals surface area contributed by atoms with E-state index in [0.717, 1.165) is 5.56 Å². The van der Waals surface area contributed by atoms with Gasteiger partial charge >= 0.3 is 0 Å². The number of rotatable bonds is 5. The number of carbonyl (C=O) groups excluding carboxylic acids is 2. The molecule has 0 saturated heterocycles. The van der Waals surface area contributed by atoms with Crippen molar-refractivity contribution in [2.45, 2.75) is 0 Å². The highest BCUT2D eigenvalue weighted by molar-refractivity contribution is 6.03. The van der Waals surface area contributed by atoms with E-state index in [2.05, 4.69) is 10.6 Å². The maximum Gasteiger partial charge on any atom is 0.267 e. The van der Waals surface area contributed by atoms with Gasteiger partial charge in [-0.3, -0.25) is 9.59 Å². The second-order valence-corrected chi connectivity index (χ2v) is 4.39. The Bertz CT molecular complexity index is 686. The number of furan rings is 1. The molecule has 0 spiro atoms. The van der Waals surface area contributed by atoms with Gasteiger partial charge in [-0.1, -0.05) is 30.3 Å². The molecule has 0 aliphatic heterocycles. The molecule has 0 fully saturated rings. The molecule has 2 amide bonds. The highest BCUT2D eigenvalue weighted by Crippen LogP contribution is 2.06. The average molecular weight is 296 g/mol. The van der Waals surface area contributed by atoms with Gasteiger partial charge in [-0.05, 0) is 23.8 Å². The normalized spacial score (nSPS) is 11.4. The highest BCUT2D eigenvalue weighted by Gasteiger charge is 2.10. The van der Waals surface area contributed by atoms with E-state index >= 15 is 0 Å². The van der Waals surface area contributed by atoms with Gasteiger partial charge in [-0.15, -0.1) is 0 Å². The number of benzene rings is 1. The minimum absolute atomic E-state index is 0.111. The molecule has 0 aliphatic carbocycles. The van der Waals surface area contributed by atoms with Gasteiger partial charge in [0.15, 0.2) is 0 Å². The zero-order chi connectivity index (χ0) is 15.8. The summed E-state index contributed by atoms with van der Waals surface area (Å²) in [7, 11) is 1.49. The van der Waals surface area contributed by atoms with Gasteiger partial charge in [0.05, 0.1) is 6.26 Å². The van der Waals surface area contributed by atoms with Crippen LogP contribution in [0.25, 0.3) is 12.2 Å². The smallest absolute Gasteiger partial charge is 0.267 e. The first-order chi connectivity index (χ1) is 10.7. The summed E-state index contributed by atoms with van der Waals surface area (Å²) in [4.78, 5) is 23.7. The van der Waals surface area contributed by atoms with Crippen molar-refractivity contribution < 1.29 is 14.0 Å². The van der Waals surface area contributed by atoms with Crippen molar-refractivity contribution in [2.24, 2.45) is 0 Å². The topological polar surface area (TPSA) is 71.3 Å². The molecule has 0 aliphatic rings. The van der Waals surface area contributed by atoms with E-state index in [1.807, 2.05) is 30.3 Å². The first-order valence-corrected chi connectivity index (χ1v) is 6.70. The molecule has 5 heteroatoms. The fourth-order valence-electron chi connectivity index (χ4n) is 1.72. The molecule has 0 atom stereocenters. The van der Waals surface area contributed by atoms with E-state index in [9.17, 15) is 9.59 Å². The molecular weight excluding hydrogens is 280 g/mol. The lowest BCUT2D eigenvalue weighted by atomic mass is 10.2. The van der Waals surface area contributed by atoms with Crippen LogP contribution >= 0.6 is 0 Å². The van der Waals surface area contributed by atoms with Gasteiger partial charge in [0.25, 0.3) is 5.91 Å². The van der Waals surface area contributed by atoms with Crippen molar-refractivity contribution in [3.05, 3.63) is 71.8 Å². The third-order valence-electron chi connectivity index (χ3n) is 2.79. The monoisotopic (exact) mass is 296 g/mol. The Hall–Kier alpha value is -3.08. The van der Waals surface area contributed by atoms with Crippen molar-refractivity contribution in [3.8, 4) is 0 Å². The Kier molecular flexibility index (Phi) is 5.31. The second-order valence-electron chi connectivity index (χ2n) is 4.39. The van der Waals surface area contributed by atoms with Crippen molar-refractivity contribution in [1.82, 2.24) is 10.6 Å². The Morgan fingerprint density at radius 2 is 1.86 bits per heavy atom. The van der Waals surface area contributed by atoms with Crippen molar-refractivity contribution in [3.63, 3.8) is 0 Å². The Balaban J connectivity index is 2.09. The summed E-state index contributed by atoms with van der Waals surface area (Å²) in [6.07, 6.45) is 6.00. The van der Waals surface area contributed by atoms with Crippen LogP contribution in [-0.2, 0) is 9.59 Å². The van der Waals surface area contributed by atoms with Gasteiger partial charge in [0, 0.05) is 19.2 Å². The van der Waals surface area contributed by atoms with Crippen LogP contribution in [0.15, 0.2) is 64.9 Å². The molecule has 0 unspecified atom stereocenters. The van der Waals surface area contributed by atoms with Crippen LogP contribution in [-0.4, -0.2) is 18.9 Å². The third-order valence-corrected chi connectivity index (χ3v) is 2.79. The maximum atomic E-state index is 11.9. The Labute approximate surface area is 128 Å². The fourth-order valence-corrected chi connectivity index (χ4v) is 1.72. The first-order valence-electron chi connectivity index (χ1n) is 6.70. The van der Waals surface area contributed by atoms with E-state index in [4.69, 9.17) is 4.42 Å². The average Bonchev–Trinajstić information content (AvgIpc) is 3.05. The minimum Gasteiger partial charge on any atom is -0.465 e. The van der Waals surface area contributed by atoms with E-state index in [1.54, 1.807) is 18.2 Å². The molecule has 5 nitrogen and oxygen atoms in total. The molecule has 112 valence electrons. The van der Waals surface area contributed by atoms with Crippen LogP contribution in [0.5, 0.6) is 0 Å². The molecule has 2 rings (SSSR count). The zero-order valence-electron chi connectivity index (χ0n) is 12.1. The van der Waals surface area contributed by atoms with E-state index in [0.29, 0.717) is 5.76 Å². The molecule has 0 saturated carbocycles. The van der Waals surface area contributed by atoms with Crippen LogP contribution < -0.4 is 10.6 Å². The highest BCUT2D eigenvalue weighted by atomic mass is 16.3. The minimum atomic E-state index is -0.405. The van der Waals surface area contributed by atoms with E-state index in [-0.39, 0.29) is 5.70 Å². The second kappa shape index (κ2) is 7.64. The summed E-state index contributed by atoms with van der Waals surface area (Å²) < 4.78 is 5.14. The number of likely N-dealkylation sites (N-methyl/N-ethyl adjacent to an activating group) is 1. The van der Waals surface area contributed by atoms with Crippen LogP contribution in [0.1, 0.15) is 11.3 Å². The zero-order valence-corrected chi connectivity index (χ0v) is 12.1. The predicted molar refractivity (Wildman–Crippen MR) is 84.4 cm³/mol. The maximum absolute atomic E-state index is 11.9. The van der Waals surface area contributed by atoms with Crippen molar-refractivity contribution in [1.29, 1.82) is 0 Å². The van der Waals surface area contributed by atoms with Gasteiger partial charge < -0.3 is 15.1 Å². The molecule has 0 bridgehead atoms. The summed E-state index contributed by atoms with van der Waals surface area (Å²) in [5, 5.41) is 5.01. The lowest BCUT2D eigenvalue weighted by molar-refractivity contribution is -0.120. The fraction of sp³-hybridized carbons (Fsp3) is 0.0588. The summed E-state index contributed by atoms with van der Waals surface area (Å²) in [5.41, 5.74) is 1.01. The predicted octanol–water partition coefficient (Wildman–Crippen LogP) is 2.20. The molecule has 1 aromatic carbocycles. The number of carbonyl (C=O) groups is 2. The summed E-state index contributed by atoms with van der Waals surface area (Å²) in [6, 6.07) is 12.8. The molecule has 0 radical (unpaired) electrons. The number of amides is 2. The van der Waals surface area contributed by atoms with Crippen LogP contribution in [0.4, 0.5) is 0 Å². The van der Waals surface area contributed by atoms with Gasteiger partial charge in [-0.2, -0.15) is 0 Å². The largest absolute Gasteiger partial charge is 0.465 e. The lowest BCUT2D eigenvalue weighted by Crippen LogP contribution is -2.32. The summed E-state index contributed by atoms with van der Waals surface area (Å²) >= 11 is 0. The van der Waals surface area contributed by atoms with E-state index in [1.165, 1.54) is 25.5 Å². The molecule has 2 aromatic rings. The summed E-state index contributed by atoms with van der Waals surface area (Å²) in [5.74, 6) is -0.325. The van der Waals surface area contributed by atoms with Crippen LogP contribution in [0, 0.1) is 0 Å². The van der Waals surface area contributed by atoms with Crippen LogP contribution in [0.2, 0.25) is 0 Å². The molecular formula is C17H16N2O3. The number of nitrogens with one attached hydrogen (secondary N) is 2. The molecule has 22 heavy (non-hydrogen) atoms. The number of hydrogen-bond acceptors (Lipinski definition) is 3. The van der Waals surface area contributed by atoms with Gasteiger partial charge in [-0.25, -0.2) is 0 Å². The number of hydrogen-bond donors (Lipinski definition) is 2. The van der Waals surface area contributed by atoms with Crippen LogP contribution in [0.3, 0.4) is 0 Å². The van der Waals surface area contributed by atoms with Gasteiger partial charge in [0.1, 0.15) is 11.5 Å². The Morgan fingerprint density at radius 1 is 1.09 bits per heavy atom. The third kappa shape index (κ3) is 4.49. The van der Waals surface area contributed by atoms with Crippen molar-refractivity contribution >= 4 is 24.0 Å². The standard InChI is InChI=1S/C17H16N2O3/c1-18-17(21)15(12-14-8-5-11-22-14)19-16(20)10-9-13-6-3-2-4-7-13/h2-12H,1H3,(H,18,21)(H,19,20). The first kappa shape index (κ1) is 15.3. The Morgan fingerprint density at radius 3 is 2.50 bits per heavy atom. The van der Waals surface area contributed by atoms with E-state index < -0.39 is 11.8 Å². The molecule has 2 N–H and O–H groups in total.